The Labute approximate surface area is 89.0 Å². The van der Waals surface area contributed by atoms with Gasteiger partial charge in [0.1, 0.15) is 5.69 Å². The molecule has 1 aromatic rings. The van der Waals surface area contributed by atoms with Gasteiger partial charge in [0.15, 0.2) is 0 Å². The van der Waals surface area contributed by atoms with E-state index in [2.05, 4.69) is 22.9 Å². The highest BCUT2D eigenvalue weighted by molar-refractivity contribution is 7.80. The predicted molar refractivity (Wildman–Crippen MR) is 56.3 cm³/mol. The average Bonchev–Trinajstić information content (AvgIpc) is 2.52. The second kappa shape index (κ2) is 4.31. The van der Waals surface area contributed by atoms with E-state index in [-0.39, 0.29) is 0 Å². The number of hydrogen-bond acceptors (Lipinski definition) is 4. The maximum atomic E-state index is 4.99. The lowest BCUT2D eigenvalue weighted by Crippen LogP contribution is -2.28. The van der Waals surface area contributed by atoms with Crippen LogP contribution in [0.2, 0.25) is 0 Å². The van der Waals surface area contributed by atoms with Crippen molar-refractivity contribution in [2.75, 3.05) is 12.9 Å². The van der Waals surface area contributed by atoms with Gasteiger partial charge in [0.05, 0.1) is 18.8 Å². The minimum atomic E-state index is 0.533. The number of hydrogen-bond donors (Lipinski definition) is 1. The fraction of sp³-hybridized carbons (Fsp3) is 0.778. The van der Waals surface area contributed by atoms with Gasteiger partial charge >= 0.3 is 0 Å². The van der Waals surface area contributed by atoms with Crippen molar-refractivity contribution in [2.24, 2.45) is 5.92 Å². The maximum Gasteiger partial charge on any atom is 0.108 e. The number of aromatic nitrogens is 3. The quantitative estimate of drug-likeness (QED) is 0.766. The van der Waals surface area contributed by atoms with Gasteiger partial charge in [-0.2, -0.15) is 12.6 Å². The molecule has 78 valence electrons. The van der Waals surface area contributed by atoms with E-state index in [0.717, 1.165) is 17.4 Å². The summed E-state index contributed by atoms with van der Waals surface area (Å²) in [5.74, 6) is 1.74. The van der Waals surface area contributed by atoms with Crippen LogP contribution >= 0.6 is 12.6 Å². The van der Waals surface area contributed by atoms with Crippen molar-refractivity contribution in [1.29, 1.82) is 0 Å². The molecule has 0 aliphatic heterocycles. The standard InChI is InChI=1S/C9H15N3OS/c1-13-5-8-4-12(11-10-8)9-2-7(3-9)6-14/h4,7,9,14H,2-3,5-6H2,1H3. The van der Waals surface area contributed by atoms with E-state index >= 15 is 0 Å². The average molecular weight is 213 g/mol. The molecule has 0 saturated heterocycles. The molecule has 0 aromatic carbocycles. The number of nitrogens with zero attached hydrogens (tertiary/aromatic N) is 3. The lowest BCUT2D eigenvalue weighted by molar-refractivity contribution is 0.181. The van der Waals surface area contributed by atoms with E-state index in [4.69, 9.17) is 4.74 Å². The zero-order valence-corrected chi connectivity index (χ0v) is 9.15. The van der Waals surface area contributed by atoms with Gasteiger partial charge < -0.3 is 4.74 Å². The molecule has 14 heavy (non-hydrogen) atoms. The largest absolute Gasteiger partial charge is 0.378 e. The van der Waals surface area contributed by atoms with E-state index in [1.54, 1.807) is 7.11 Å². The monoisotopic (exact) mass is 213 g/mol. The minimum Gasteiger partial charge on any atom is -0.378 e. The van der Waals surface area contributed by atoms with Gasteiger partial charge in [-0.25, -0.2) is 4.68 Å². The van der Waals surface area contributed by atoms with Crippen molar-refractivity contribution < 1.29 is 4.74 Å². The number of ether oxygens (including phenoxy) is 1. The van der Waals surface area contributed by atoms with E-state index < -0.39 is 0 Å². The van der Waals surface area contributed by atoms with Gasteiger partial charge in [-0.1, -0.05) is 5.21 Å². The topological polar surface area (TPSA) is 39.9 Å². The van der Waals surface area contributed by atoms with Crippen LogP contribution in [0.5, 0.6) is 0 Å². The Bertz CT molecular complexity index is 296. The Hall–Kier alpha value is -0.550. The molecule has 2 rings (SSSR count). The lowest BCUT2D eigenvalue weighted by Gasteiger charge is -2.33. The van der Waals surface area contributed by atoms with E-state index in [1.165, 1.54) is 12.8 Å². The first-order valence-electron chi connectivity index (χ1n) is 4.84. The maximum absolute atomic E-state index is 4.99. The Kier molecular flexibility index (Phi) is 3.08. The Morgan fingerprint density at radius 1 is 1.64 bits per heavy atom. The smallest absolute Gasteiger partial charge is 0.108 e. The van der Waals surface area contributed by atoms with E-state index in [1.807, 2.05) is 10.9 Å². The first-order valence-corrected chi connectivity index (χ1v) is 5.47. The summed E-state index contributed by atoms with van der Waals surface area (Å²) in [5, 5.41) is 8.12. The molecule has 5 heteroatoms. The molecule has 0 amide bonds. The molecule has 1 fully saturated rings. The second-order valence-electron chi connectivity index (χ2n) is 3.80. The van der Waals surface area contributed by atoms with Crippen molar-refractivity contribution in [3.8, 4) is 0 Å². The van der Waals surface area contributed by atoms with Crippen molar-refractivity contribution in [1.82, 2.24) is 15.0 Å². The summed E-state index contributed by atoms with van der Waals surface area (Å²) in [6.07, 6.45) is 4.33. The molecule has 1 aliphatic rings. The van der Waals surface area contributed by atoms with Gasteiger partial charge in [-0.15, -0.1) is 5.10 Å². The molecule has 0 radical (unpaired) electrons. The highest BCUT2D eigenvalue weighted by Gasteiger charge is 2.30. The van der Waals surface area contributed by atoms with Crippen molar-refractivity contribution >= 4 is 12.6 Å². The normalized spacial score (nSPS) is 26.1. The van der Waals surface area contributed by atoms with Crippen LogP contribution in [0.15, 0.2) is 6.20 Å². The lowest BCUT2D eigenvalue weighted by atomic mass is 9.82. The van der Waals surface area contributed by atoms with Crippen molar-refractivity contribution in [2.45, 2.75) is 25.5 Å². The molecule has 0 atom stereocenters. The zero-order valence-electron chi connectivity index (χ0n) is 8.26. The second-order valence-corrected chi connectivity index (χ2v) is 4.16. The molecule has 0 N–H and O–H groups in total. The summed E-state index contributed by atoms with van der Waals surface area (Å²) < 4.78 is 6.94. The molecule has 1 saturated carbocycles. The first-order chi connectivity index (χ1) is 6.83. The number of methoxy groups -OCH3 is 1. The molecule has 0 spiro atoms. The summed E-state index contributed by atoms with van der Waals surface area (Å²) >= 11 is 4.27. The molecule has 0 unspecified atom stereocenters. The third kappa shape index (κ3) is 1.93. The van der Waals surface area contributed by atoms with Crippen LogP contribution in [-0.4, -0.2) is 27.9 Å². The third-order valence-corrected chi connectivity index (χ3v) is 3.21. The van der Waals surface area contributed by atoms with Gasteiger partial charge in [0, 0.05) is 7.11 Å². The summed E-state index contributed by atoms with van der Waals surface area (Å²) in [5.41, 5.74) is 0.904. The van der Waals surface area contributed by atoms with Crippen LogP contribution in [0.3, 0.4) is 0 Å². The summed E-state index contributed by atoms with van der Waals surface area (Å²) in [7, 11) is 1.67. The van der Waals surface area contributed by atoms with Gasteiger partial charge in [0.2, 0.25) is 0 Å². The van der Waals surface area contributed by atoms with Crippen LogP contribution in [0.4, 0.5) is 0 Å². The number of thiol groups is 1. The van der Waals surface area contributed by atoms with Crippen LogP contribution in [0.25, 0.3) is 0 Å². The number of rotatable bonds is 4. The van der Waals surface area contributed by atoms with Crippen LogP contribution in [-0.2, 0) is 11.3 Å². The van der Waals surface area contributed by atoms with Crippen LogP contribution in [0.1, 0.15) is 24.6 Å². The fourth-order valence-corrected chi connectivity index (χ4v) is 2.07. The third-order valence-electron chi connectivity index (χ3n) is 2.69. The molecule has 4 nitrogen and oxygen atoms in total. The highest BCUT2D eigenvalue weighted by Crippen LogP contribution is 2.37. The van der Waals surface area contributed by atoms with Gasteiger partial charge in [-0.05, 0) is 24.5 Å². The molecular weight excluding hydrogens is 198 g/mol. The van der Waals surface area contributed by atoms with Crippen molar-refractivity contribution in [3.05, 3.63) is 11.9 Å². The van der Waals surface area contributed by atoms with Crippen LogP contribution < -0.4 is 0 Å². The fourth-order valence-electron chi connectivity index (χ4n) is 1.77. The molecule has 1 heterocycles. The first kappa shape index (κ1) is 9.98. The van der Waals surface area contributed by atoms with E-state index in [0.29, 0.717) is 12.6 Å². The Morgan fingerprint density at radius 3 is 3.07 bits per heavy atom. The predicted octanol–water partition coefficient (Wildman–Crippen LogP) is 1.31. The zero-order chi connectivity index (χ0) is 9.97. The van der Waals surface area contributed by atoms with Crippen LogP contribution in [0, 0.1) is 5.92 Å². The van der Waals surface area contributed by atoms with E-state index in [9.17, 15) is 0 Å². The Balaban J connectivity index is 1.91. The minimum absolute atomic E-state index is 0.533. The van der Waals surface area contributed by atoms with Crippen molar-refractivity contribution in [3.63, 3.8) is 0 Å². The van der Waals surface area contributed by atoms with Gasteiger partial charge in [0.25, 0.3) is 0 Å². The molecule has 1 aliphatic carbocycles. The summed E-state index contributed by atoms with van der Waals surface area (Å²) in [6, 6.07) is 0.533. The molecule has 1 aromatic heterocycles. The summed E-state index contributed by atoms with van der Waals surface area (Å²) in [6.45, 7) is 0.544. The summed E-state index contributed by atoms with van der Waals surface area (Å²) in [4.78, 5) is 0. The highest BCUT2D eigenvalue weighted by atomic mass is 32.1. The van der Waals surface area contributed by atoms with Gasteiger partial charge in [-0.3, -0.25) is 0 Å². The Morgan fingerprint density at radius 2 is 2.43 bits per heavy atom. The SMILES string of the molecule is COCc1cn(C2CC(CS)C2)nn1. The molecular formula is C9H15N3OS. The molecule has 0 bridgehead atoms.